The van der Waals surface area contributed by atoms with Gasteiger partial charge in [-0.2, -0.15) is 13.2 Å². The largest absolute Gasteiger partial charge is 0.480 e. The predicted molar refractivity (Wildman–Crippen MR) is 94.2 cm³/mol. The highest BCUT2D eigenvalue weighted by molar-refractivity contribution is 5.77. The van der Waals surface area contributed by atoms with Crippen molar-refractivity contribution in [2.45, 2.75) is 44.6 Å². The number of benzene rings is 1. The average molecular weight is 384 g/mol. The summed E-state index contributed by atoms with van der Waals surface area (Å²) in [4.78, 5) is 17.2. The minimum absolute atomic E-state index is 0.0418. The zero-order valence-corrected chi connectivity index (χ0v) is 15.3. The highest BCUT2D eigenvalue weighted by Gasteiger charge is 2.34. The van der Waals surface area contributed by atoms with E-state index in [1.54, 1.807) is 11.6 Å². The van der Waals surface area contributed by atoms with Crippen LogP contribution in [0.5, 0.6) is 0 Å². The van der Waals surface area contributed by atoms with Crippen molar-refractivity contribution in [3.8, 4) is 0 Å². The van der Waals surface area contributed by atoms with Gasteiger partial charge in [0, 0.05) is 19.1 Å². The quantitative estimate of drug-likeness (QED) is 0.768. The van der Waals surface area contributed by atoms with Crippen LogP contribution in [0.3, 0.4) is 0 Å². The molecule has 0 saturated heterocycles. The molecule has 0 unspecified atom stereocenters. The SMILES string of the molecule is CCN(CC(=O)O)C1CC(NCc2nc3cc(C(F)(F)F)ccc3n2C)C1. The Morgan fingerprint density at radius 2 is 2.11 bits per heavy atom. The number of carboxylic acid groups (broad SMARTS) is 1. The second-order valence-corrected chi connectivity index (χ2v) is 6.95. The fourth-order valence-electron chi connectivity index (χ4n) is 3.55. The molecule has 0 atom stereocenters. The standard InChI is InChI=1S/C18H23F3N4O2/c1-3-25(10-17(26)27)13-7-12(8-13)22-9-16-23-14-6-11(18(19,20)21)4-5-15(14)24(16)2/h4-6,12-13,22H,3,7-10H2,1-2H3,(H,26,27). The van der Waals surface area contributed by atoms with Crippen molar-refractivity contribution in [3.63, 3.8) is 0 Å². The molecule has 1 heterocycles. The lowest BCUT2D eigenvalue weighted by atomic mass is 9.85. The van der Waals surface area contributed by atoms with Crippen LogP contribution in [0, 0.1) is 0 Å². The molecule has 1 saturated carbocycles. The number of hydrogen-bond acceptors (Lipinski definition) is 4. The molecule has 2 aromatic rings. The van der Waals surface area contributed by atoms with Crippen LogP contribution in [-0.4, -0.2) is 50.7 Å². The molecule has 1 fully saturated rings. The van der Waals surface area contributed by atoms with E-state index in [0.717, 1.165) is 25.0 Å². The van der Waals surface area contributed by atoms with Crippen LogP contribution in [0.25, 0.3) is 11.0 Å². The number of halogens is 3. The summed E-state index contributed by atoms with van der Waals surface area (Å²) < 4.78 is 40.4. The van der Waals surface area contributed by atoms with E-state index in [1.807, 2.05) is 11.8 Å². The van der Waals surface area contributed by atoms with E-state index in [2.05, 4.69) is 10.3 Å². The molecule has 1 aliphatic carbocycles. The summed E-state index contributed by atoms with van der Waals surface area (Å²) >= 11 is 0. The number of hydrogen-bond donors (Lipinski definition) is 2. The van der Waals surface area contributed by atoms with Crippen LogP contribution < -0.4 is 5.32 Å². The third kappa shape index (κ3) is 4.24. The van der Waals surface area contributed by atoms with Crippen LogP contribution in [-0.2, 0) is 24.6 Å². The molecule has 0 radical (unpaired) electrons. The van der Waals surface area contributed by atoms with E-state index in [-0.39, 0.29) is 18.6 Å². The minimum Gasteiger partial charge on any atom is -0.480 e. The van der Waals surface area contributed by atoms with Crippen molar-refractivity contribution in [2.75, 3.05) is 13.1 Å². The normalized spacial score (nSPS) is 20.2. The summed E-state index contributed by atoms with van der Waals surface area (Å²) in [5, 5.41) is 12.3. The molecule has 3 rings (SSSR count). The number of fused-ring (bicyclic) bond motifs is 1. The molecule has 1 aromatic carbocycles. The number of aliphatic carboxylic acids is 1. The first-order valence-electron chi connectivity index (χ1n) is 8.90. The van der Waals surface area contributed by atoms with Gasteiger partial charge in [-0.05, 0) is 37.6 Å². The monoisotopic (exact) mass is 384 g/mol. The highest BCUT2D eigenvalue weighted by atomic mass is 19.4. The Kier molecular flexibility index (Phi) is 5.43. The summed E-state index contributed by atoms with van der Waals surface area (Å²) in [6, 6.07) is 4.09. The minimum atomic E-state index is -4.38. The summed E-state index contributed by atoms with van der Waals surface area (Å²) in [5.74, 6) is -0.156. The molecule has 0 amide bonds. The van der Waals surface area contributed by atoms with Crippen molar-refractivity contribution in [1.82, 2.24) is 19.8 Å². The summed E-state index contributed by atoms with van der Waals surface area (Å²) in [5.41, 5.74) is 0.284. The number of alkyl halides is 3. The van der Waals surface area contributed by atoms with Gasteiger partial charge in [-0.3, -0.25) is 9.69 Å². The Bertz CT molecular complexity index is 828. The fourth-order valence-corrected chi connectivity index (χ4v) is 3.55. The van der Waals surface area contributed by atoms with Crippen LogP contribution in [0.15, 0.2) is 18.2 Å². The fraction of sp³-hybridized carbons (Fsp3) is 0.556. The summed E-state index contributed by atoms with van der Waals surface area (Å²) in [6.07, 6.45) is -2.68. The number of likely N-dealkylation sites (N-methyl/N-ethyl adjacent to an activating group) is 1. The molecule has 0 bridgehead atoms. The zero-order valence-electron chi connectivity index (χ0n) is 15.3. The van der Waals surface area contributed by atoms with Gasteiger partial charge in [0.25, 0.3) is 0 Å². The van der Waals surface area contributed by atoms with E-state index in [1.165, 1.54) is 6.07 Å². The number of nitrogens with zero attached hydrogens (tertiary/aromatic N) is 3. The number of carboxylic acids is 1. The third-order valence-electron chi connectivity index (χ3n) is 5.22. The van der Waals surface area contributed by atoms with E-state index in [0.29, 0.717) is 29.9 Å². The lowest BCUT2D eigenvalue weighted by Gasteiger charge is -2.42. The number of aryl methyl sites for hydroxylation is 1. The molecule has 0 aliphatic heterocycles. The molecular formula is C18H23F3N4O2. The molecule has 1 aliphatic rings. The molecule has 0 spiro atoms. The molecular weight excluding hydrogens is 361 g/mol. The van der Waals surface area contributed by atoms with Crippen LogP contribution in [0.4, 0.5) is 13.2 Å². The smallest absolute Gasteiger partial charge is 0.416 e. The Morgan fingerprint density at radius 3 is 2.70 bits per heavy atom. The highest BCUT2D eigenvalue weighted by Crippen LogP contribution is 2.31. The van der Waals surface area contributed by atoms with E-state index < -0.39 is 17.7 Å². The molecule has 148 valence electrons. The Labute approximate surface area is 155 Å². The second kappa shape index (κ2) is 7.47. The molecule has 6 nitrogen and oxygen atoms in total. The summed E-state index contributed by atoms with van der Waals surface area (Å²) in [7, 11) is 1.79. The van der Waals surface area contributed by atoms with Crippen LogP contribution in [0.2, 0.25) is 0 Å². The maximum Gasteiger partial charge on any atom is 0.416 e. The van der Waals surface area contributed by atoms with Crippen LogP contribution >= 0.6 is 0 Å². The van der Waals surface area contributed by atoms with Gasteiger partial charge in [0.05, 0.1) is 29.7 Å². The van der Waals surface area contributed by atoms with Gasteiger partial charge in [-0.15, -0.1) is 0 Å². The van der Waals surface area contributed by atoms with Crippen molar-refractivity contribution < 1.29 is 23.1 Å². The predicted octanol–water partition coefficient (Wildman–Crippen LogP) is 2.62. The molecule has 27 heavy (non-hydrogen) atoms. The molecule has 9 heteroatoms. The van der Waals surface area contributed by atoms with Gasteiger partial charge in [-0.1, -0.05) is 6.92 Å². The van der Waals surface area contributed by atoms with Crippen molar-refractivity contribution in [3.05, 3.63) is 29.6 Å². The number of nitrogens with one attached hydrogen (secondary N) is 1. The number of carbonyl (C=O) groups is 1. The first-order chi connectivity index (χ1) is 12.7. The van der Waals surface area contributed by atoms with Gasteiger partial charge in [0.2, 0.25) is 0 Å². The molecule has 1 aromatic heterocycles. The topological polar surface area (TPSA) is 70.4 Å². The number of rotatable bonds is 7. The first kappa shape index (κ1) is 19.6. The lowest BCUT2D eigenvalue weighted by molar-refractivity contribution is -0.139. The zero-order chi connectivity index (χ0) is 19.8. The van der Waals surface area contributed by atoms with Gasteiger partial charge in [0.1, 0.15) is 5.82 Å². The van der Waals surface area contributed by atoms with Gasteiger partial charge in [0.15, 0.2) is 0 Å². The maximum absolute atomic E-state index is 12.9. The van der Waals surface area contributed by atoms with Gasteiger partial charge in [-0.25, -0.2) is 4.98 Å². The number of imidazole rings is 1. The Morgan fingerprint density at radius 1 is 1.41 bits per heavy atom. The molecule has 2 N–H and O–H groups in total. The first-order valence-corrected chi connectivity index (χ1v) is 8.90. The van der Waals surface area contributed by atoms with E-state index in [9.17, 15) is 18.0 Å². The van der Waals surface area contributed by atoms with Crippen LogP contribution in [0.1, 0.15) is 31.2 Å². The van der Waals surface area contributed by atoms with Crippen molar-refractivity contribution >= 4 is 17.0 Å². The summed E-state index contributed by atoms with van der Waals surface area (Å²) in [6.45, 7) is 3.13. The number of aromatic nitrogens is 2. The van der Waals surface area contributed by atoms with Crippen molar-refractivity contribution in [2.24, 2.45) is 7.05 Å². The van der Waals surface area contributed by atoms with Crippen molar-refractivity contribution in [1.29, 1.82) is 0 Å². The van der Waals surface area contributed by atoms with E-state index >= 15 is 0 Å². The van der Waals surface area contributed by atoms with Gasteiger partial charge >= 0.3 is 12.1 Å². The third-order valence-corrected chi connectivity index (χ3v) is 5.22. The average Bonchev–Trinajstić information content (AvgIpc) is 2.86. The second-order valence-electron chi connectivity index (χ2n) is 6.95. The maximum atomic E-state index is 12.9. The van der Waals surface area contributed by atoms with E-state index in [4.69, 9.17) is 5.11 Å². The Balaban J connectivity index is 1.60. The lowest BCUT2D eigenvalue weighted by Crippen LogP contribution is -2.53. The van der Waals surface area contributed by atoms with Gasteiger partial charge < -0.3 is 15.0 Å². The Hall–Kier alpha value is -2.13.